The Balaban J connectivity index is 2.69. The van der Waals surface area contributed by atoms with Gasteiger partial charge in [-0.1, -0.05) is 18.8 Å². The zero-order chi connectivity index (χ0) is 15.7. The summed E-state index contributed by atoms with van der Waals surface area (Å²) in [5.41, 5.74) is 0.842. The molecule has 0 radical (unpaired) electrons. The zero-order valence-corrected chi connectivity index (χ0v) is 12.1. The third-order valence-electron chi connectivity index (χ3n) is 2.60. The second-order valence-corrected chi connectivity index (χ2v) is 4.41. The lowest BCUT2D eigenvalue weighted by atomic mass is 10.2. The van der Waals surface area contributed by atoms with E-state index in [1.807, 2.05) is 6.92 Å². The molecule has 0 aliphatic carbocycles. The van der Waals surface area contributed by atoms with Gasteiger partial charge in [0.05, 0.1) is 5.56 Å². The highest BCUT2D eigenvalue weighted by atomic mass is 16.2. The molecular formula is C15H19N3O3. The Labute approximate surface area is 124 Å². The molecule has 0 fully saturated rings. The third kappa shape index (κ3) is 5.63. The Morgan fingerprint density at radius 2 is 2.19 bits per heavy atom. The molecule has 0 aromatic carbocycles. The van der Waals surface area contributed by atoms with E-state index in [0.29, 0.717) is 17.7 Å². The van der Waals surface area contributed by atoms with Gasteiger partial charge in [-0.2, -0.15) is 0 Å². The number of hydrogen-bond acceptors (Lipinski definition) is 4. The summed E-state index contributed by atoms with van der Waals surface area (Å²) >= 11 is 0. The maximum atomic E-state index is 12.0. The summed E-state index contributed by atoms with van der Waals surface area (Å²) in [4.78, 5) is 27.6. The fourth-order valence-electron chi connectivity index (χ4n) is 1.52. The third-order valence-corrected chi connectivity index (χ3v) is 2.60. The molecule has 6 heteroatoms. The van der Waals surface area contributed by atoms with Gasteiger partial charge in [0.15, 0.2) is 0 Å². The van der Waals surface area contributed by atoms with Crippen LogP contribution in [0, 0.1) is 11.8 Å². The van der Waals surface area contributed by atoms with Crippen LogP contribution in [0.3, 0.4) is 0 Å². The monoisotopic (exact) mass is 289 g/mol. The van der Waals surface area contributed by atoms with E-state index in [0.717, 1.165) is 6.42 Å². The van der Waals surface area contributed by atoms with Crippen molar-refractivity contribution in [3.8, 4) is 11.8 Å². The van der Waals surface area contributed by atoms with Gasteiger partial charge in [0.25, 0.3) is 5.91 Å². The first kappa shape index (κ1) is 16.7. The van der Waals surface area contributed by atoms with E-state index in [1.54, 1.807) is 13.0 Å². The number of aliphatic hydroxyl groups is 1. The first-order chi connectivity index (χ1) is 10.1. The van der Waals surface area contributed by atoms with Crippen molar-refractivity contribution >= 4 is 11.8 Å². The van der Waals surface area contributed by atoms with Crippen molar-refractivity contribution in [1.82, 2.24) is 15.6 Å². The van der Waals surface area contributed by atoms with Gasteiger partial charge in [-0.25, -0.2) is 0 Å². The molecule has 1 atom stereocenters. The summed E-state index contributed by atoms with van der Waals surface area (Å²) in [5.74, 6) is 4.53. The quantitative estimate of drug-likeness (QED) is 0.669. The van der Waals surface area contributed by atoms with Crippen LogP contribution in [-0.2, 0) is 4.79 Å². The first-order valence-electron chi connectivity index (χ1n) is 6.71. The Morgan fingerprint density at radius 1 is 1.43 bits per heavy atom. The maximum absolute atomic E-state index is 12.0. The number of pyridine rings is 1. The fraction of sp³-hybridized carbons (Fsp3) is 0.400. The van der Waals surface area contributed by atoms with E-state index < -0.39 is 11.9 Å². The standard InChI is InChI=1S/C15H19N3O3/c1-3-6-17-14(20)11(2)18-15(21)13-8-12(5-4-7-19)9-16-10-13/h8-11,19H,3,6-7H2,1-2H3,(H,17,20)(H,18,21). The number of carbonyl (C=O) groups is 2. The molecule has 1 aromatic rings. The van der Waals surface area contributed by atoms with Crippen LogP contribution in [0.5, 0.6) is 0 Å². The molecule has 0 aliphatic heterocycles. The molecule has 1 unspecified atom stereocenters. The molecule has 2 amide bonds. The highest BCUT2D eigenvalue weighted by molar-refractivity contribution is 5.97. The van der Waals surface area contributed by atoms with Crippen molar-refractivity contribution in [3.63, 3.8) is 0 Å². The molecule has 112 valence electrons. The lowest BCUT2D eigenvalue weighted by molar-refractivity contribution is -0.122. The Bertz CT molecular complexity index is 561. The number of carbonyl (C=O) groups excluding carboxylic acids is 2. The van der Waals surface area contributed by atoms with Crippen LogP contribution in [-0.4, -0.2) is 41.1 Å². The molecule has 0 saturated heterocycles. The number of nitrogens with zero attached hydrogens (tertiary/aromatic N) is 1. The SMILES string of the molecule is CCCNC(=O)C(C)NC(=O)c1cncc(C#CCO)c1. The number of aliphatic hydroxyl groups excluding tert-OH is 1. The minimum Gasteiger partial charge on any atom is -0.384 e. The topological polar surface area (TPSA) is 91.3 Å². The molecule has 1 aromatic heterocycles. The van der Waals surface area contributed by atoms with Crippen LogP contribution in [0.2, 0.25) is 0 Å². The van der Waals surface area contributed by atoms with E-state index in [-0.39, 0.29) is 12.5 Å². The lowest BCUT2D eigenvalue weighted by Crippen LogP contribution is -2.45. The smallest absolute Gasteiger partial charge is 0.253 e. The Morgan fingerprint density at radius 3 is 2.86 bits per heavy atom. The van der Waals surface area contributed by atoms with Crippen molar-refractivity contribution in [2.45, 2.75) is 26.3 Å². The van der Waals surface area contributed by atoms with Crippen LogP contribution in [0.15, 0.2) is 18.5 Å². The van der Waals surface area contributed by atoms with Crippen molar-refractivity contribution in [1.29, 1.82) is 0 Å². The van der Waals surface area contributed by atoms with E-state index >= 15 is 0 Å². The molecule has 3 N–H and O–H groups in total. The maximum Gasteiger partial charge on any atom is 0.253 e. The summed E-state index contributed by atoms with van der Waals surface area (Å²) in [7, 11) is 0. The summed E-state index contributed by atoms with van der Waals surface area (Å²) in [6.45, 7) is 3.89. The Kier molecular flexibility index (Phi) is 6.92. The van der Waals surface area contributed by atoms with Crippen LogP contribution >= 0.6 is 0 Å². The average molecular weight is 289 g/mol. The number of amides is 2. The molecule has 0 bridgehead atoms. The Hall–Kier alpha value is -2.39. The van der Waals surface area contributed by atoms with Crippen LogP contribution in [0.1, 0.15) is 36.2 Å². The van der Waals surface area contributed by atoms with Gasteiger partial charge in [0.1, 0.15) is 12.6 Å². The van der Waals surface area contributed by atoms with Crippen molar-refractivity contribution in [2.24, 2.45) is 0 Å². The lowest BCUT2D eigenvalue weighted by Gasteiger charge is -2.13. The predicted octanol–water partition coefficient (Wildman–Crippen LogP) is 0.0699. The van der Waals surface area contributed by atoms with Gasteiger partial charge in [0.2, 0.25) is 5.91 Å². The zero-order valence-electron chi connectivity index (χ0n) is 12.1. The molecule has 1 heterocycles. The molecule has 0 spiro atoms. The van der Waals surface area contributed by atoms with E-state index in [4.69, 9.17) is 5.11 Å². The minimum atomic E-state index is -0.628. The number of hydrogen-bond donors (Lipinski definition) is 3. The number of aromatic nitrogens is 1. The first-order valence-corrected chi connectivity index (χ1v) is 6.71. The van der Waals surface area contributed by atoms with Gasteiger partial charge in [-0.3, -0.25) is 14.6 Å². The summed E-state index contributed by atoms with van der Waals surface area (Å²) in [6, 6.07) is 0.929. The molecule has 0 saturated carbocycles. The van der Waals surface area contributed by atoms with Crippen LogP contribution in [0.25, 0.3) is 0 Å². The van der Waals surface area contributed by atoms with Gasteiger partial charge in [0, 0.05) is 24.5 Å². The van der Waals surface area contributed by atoms with Crippen molar-refractivity contribution in [3.05, 3.63) is 29.6 Å². The molecule has 0 aliphatic rings. The van der Waals surface area contributed by atoms with Crippen molar-refractivity contribution < 1.29 is 14.7 Å². The second-order valence-electron chi connectivity index (χ2n) is 4.41. The van der Waals surface area contributed by atoms with Crippen LogP contribution < -0.4 is 10.6 Å². The molecular weight excluding hydrogens is 270 g/mol. The highest BCUT2D eigenvalue weighted by Crippen LogP contribution is 2.02. The molecule has 21 heavy (non-hydrogen) atoms. The fourth-order valence-corrected chi connectivity index (χ4v) is 1.52. The normalized spacial score (nSPS) is 11.0. The second kappa shape index (κ2) is 8.72. The molecule has 1 rings (SSSR count). The molecule has 6 nitrogen and oxygen atoms in total. The minimum absolute atomic E-state index is 0.227. The van der Waals surface area contributed by atoms with E-state index in [1.165, 1.54) is 12.4 Å². The predicted molar refractivity (Wildman–Crippen MR) is 78.4 cm³/mol. The largest absolute Gasteiger partial charge is 0.384 e. The van der Waals surface area contributed by atoms with E-state index in [2.05, 4.69) is 27.5 Å². The number of rotatable bonds is 5. The summed E-state index contributed by atoms with van der Waals surface area (Å²) in [6.07, 6.45) is 3.73. The average Bonchev–Trinajstić information content (AvgIpc) is 2.50. The van der Waals surface area contributed by atoms with Gasteiger partial charge in [-0.15, -0.1) is 0 Å². The van der Waals surface area contributed by atoms with Crippen LogP contribution in [0.4, 0.5) is 0 Å². The number of nitrogens with one attached hydrogen (secondary N) is 2. The van der Waals surface area contributed by atoms with Gasteiger partial charge < -0.3 is 15.7 Å². The summed E-state index contributed by atoms with van der Waals surface area (Å²) in [5, 5.41) is 13.9. The van der Waals surface area contributed by atoms with Gasteiger partial charge in [-0.05, 0) is 19.4 Å². The van der Waals surface area contributed by atoms with Crippen molar-refractivity contribution in [2.75, 3.05) is 13.2 Å². The van der Waals surface area contributed by atoms with E-state index in [9.17, 15) is 9.59 Å². The van der Waals surface area contributed by atoms with Gasteiger partial charge >= 0.3 is 0 Å². The highest BCUT2D eigenvalue weighted by Gasteiger charge is 2.16. The summed E-state index contributed by atoms with van der Waals surface area (Å²) < 4.78 is 0.